The maximum Gasteiger partial charge on any atom is 0.271 e. The number of benzene rings is 1. The van der Waals surface area contributed by atoms with E-state index in [9.17, 15) is 18.5 Å². The fourth-order valence-electron chi connectivity index (χ4n) is 1.21. The molecule has 0 bridgehead atoms. The highest BCUT2D eigenvalue weighted by atomic mass is 32.2. The van der Waals surface area contributed by atoms with Crippen LogP contribution in [0.15, 0.2) is 23.1 Å². The van der Waals surface area contributed by atoms with Crippen LogP contribution in [0.2, 0.25) is 0 Å². The Bertz CT molecular complexity index is 512. The topological polar surface area (TPSA) is 115 Å². The van der Waals surface area contributed by atoms with E-state index in [4.69, 9.17) is 5.14 Å². The fourth-order valence-corrected chi connectivity index (χ4v) is 1.90. The van der Waals surface area contributed by atoms with Crippen LogP contribution in [-0.2, 0) is 10.0 Å². The van der Waals surface area contributed by atoms with E-state index in [0.717, 1.165) is 18.2 Å². The summed E-state index contributed by atoms with van der Waals surface area (Å²) in [6.07, 6.45) is 0. The van der Waals surface area contributed by atoms with Crippen molar-refractivity contribution in [1.29, 1.82) is 0 Å². The molecule has 1 aromatic rings. The molecule has 16 heavy (non-hydrogen) atoms. The van der Waals surface area contributed by atoms with E-state index >= 15 is 0 Å². The van der Waals surface area contributed by atoms with Crippen molar-refractivity contribution in [2.24, 2.45) is 5.14 Å². The van der Waals surface area contributed by atoms with Gasteiger partial charge in [-0.25, -0.2) is 13.6 Å². The first kappa shape index (κ1) is 12.4. The van der Waals surface area contributed by atoms with Gasteiger partial charge < -0.3 is 5.32 Å². The molecule has 0 saturated heterocycles. The largest absolute Gasteiger partial charge is 0.384 e. The normalized spacial score (nSPS) is 11.1. The fraction of sp³-hybridized carbons (Fsp3) is 0.250. The van der Waals surface area contributed by atoms with Crippen molar-refractivity contribution in [1.82, 2.24) is 0 Å². The van der Waals surface area contributed by atoms with Gasteiger partial charge in [-0.1, -0.05) is 0 Å². The Morgan fingerprint density at radius 2 is 2.12 bits per heavy atom. The van der Waals surface area contributed by atoms with Crippen LogP contribution >= 0.6 is 0 Å². The minimum Gasteiger partial charge on any atom is -0.384 e. The SMILES string of the molecule is CCNc1cc([N+](=O)[O-])ccc1S(N)(=O)=O. The van der Waals surface area contributed by atoms with Crippen molar-refractivity contribution in [3.63, 3.8) is 0 Å². The van der Waals surface area contributed by atoms with Crippen LogP contribution in [0.5, 0.6) is 0 Å². The third kappa shape index (κ3) is 2.67. The quantitative estimate of drug-likeness (QED) is 0.597. The van der Waals surface area contributed by atoms with E-state index in [1.165, 1.54) is 0 Å². The first-order valence-corrected chi connectivity index (χ1v) is 5.96. The molecule has 0 aliphatic carbocycles. The lowest BCUT2D eigenvalue weighted by Crippen LogP contribution is -2.15. The molecular formula is C8H11N3O4S. The maximum absolute atomic E-state index is 11.2. The molecule has 0 fully saturated rings. The Morgan fingerprint density at radius 1 is 1.50 bits per heavy atom. The second-order valence-electron chi connectivity index (χ2n) is 3.01. The highest BCUT2D eigenvalue weighted by molar-refractivity contribution is 7.89. The molecule has 0 aromatic heterocycles. The van der Waals surface area contributed by atoms with Crippen LogP contribution in [-0.4, -0.2) is 19.9 Å². The number of non-ortho nitro benzene ring substituents is 1. The van der Waals surface area contributed by atoms with Crippen molar-refractivity contribution in [2.45, 2.75) is 11.8 Å². The van der Waals surface area contributed by atoms with Crippen LogP contribution in [0.3, 0.4) is 0 Å². The molecule has 8 heteroatoms. The van der Waals surface area contributed by atoms with Crippen molar-refractivity contribution < 1.29 is 13.3 Å². The molecule has 0 aliphatic rings. The number of nitro benzene ring substituents is 1. The van der Waals surface area contributed by atoms with Gasteiger partial charge in [-0.2, -0.15) is 0 Å². The molecule has 0 unspecified atom stereocenters. The molecule has 0 spiro atoms. The summed E-state index contributed by atoms with van der Waals surface area (Å²) in [6.45, 7) is 2.18. The number of anilines is 1. The smallest absolute Gasteiger partial charge is 0.271 e. The molecule has 0 atom stereocenters. The number of nitrogens with zero attached hydrogens (tertiary/aromatic N) is 1. The zero-order valence-corrected chi connectivity index (χ0v) is 9.32. The van der Waals surface area contributed by atoms with E-state index in [1.807, 2.05) is 0 Å². The summed E-state index contributed by atoms with van der Waals surface area (Å²) >= 11 is 0. The summed E-state index contributed by atoms with van der Waals surface area (Å²) < 4.78 is 22.4. The number of primary sulfonamides is 1. The summed E-state index contributed by atoms with van der Waals surface area (Å²) in [5.74, 6) is 0. The molecule has 0 radical (unpaired) electrons. The highest BCUT2D eigenvalue weighted by Crippen LogP contribution is 2.25. The summed E-state index contributed by atoms with van der Waals surface area (Å²) in [7, 11) is -3.88. The first-order valence-electron chi connectivity index (χ1n) is 4.41. The summed E-state index contributed by atoms with van der Waals surface area (Å²) in [6, 6.07) is 3.36. The van der Waals surface area contributed by atoms with Crippen molar-refractivity contribution in [3.05, 3.63) is 28.3 Å². The number of nitro groups is 1. The number of sulfonamides is 1. The number of nitrogens with one attached hydrogen (secondary N) is 1. The molecule has 1 rings (SSSR count). The second kappa shape index (κ2) is 4.45. The number of hydrogen-bond donors (Lipinski definition) is 2. The molecule has 0 heterocycles. The standard InChI is InChI=1S/C8H11N3O4S/c1-2-10-7-5-6(11(12)13)3-4-8(7)16(9,14)15/h3-5,10H,2H2,1H3,(H2,9,14,15). The Morgan fingerprint density at radius 3 is 2.56 bits per heavy atom. The third-order valence-electron chi connectivity index (χ3n) is 1.85. The molecule has 0 amide bonds. The van der Waals surface area contributed by atoms with Gasteiger partial charge in [-0.15, -0.1) is 0 Å². The van der Waals surface area contributed by atoms with Crippen LogP contribution in [0.4, 0.5) is 11.4 Å². The molecular weight excluding hydrogens is 234 g/mol. The van der Waals surface area contributed by atoms with Crippen LogP contribution in [0.1, 0.15) is 6.92 Å². The van der Waals surface area contributed by atoms with Crippen molar-refractivity contribution in [2.75, 3.05) is 11.9 Å². The van der Waals surface area contributed by atoms with E-state index in [0.29, 0.717) is 6.54 Å². The lowest BCUT2D eigenvalue weighted by Gasteiger charge is -2.08. The van der Waals surface area contributed by atoms with Crippen LogP contribution in [0, 0.1) is 10.1 Å². The summed E-state index contributed by atoms with van der Waals surface area (Å²) in [5.41, 5.74) is -0.0532. The van der Waals surface area contributed by atoms with Gasteiger partial charge >= 0.3 is 0 Å². The van der Waals surface area contributed by atoms with Crippen molar-refractivity contribution in [3.8, 4) is 0 Å². The number of hydrogen-bond acceptors (Lipinski definition) is 5. The van der Waals surface area contributed by atoms with Gasteiger partial charge in [0.25, 0.3) is 5.69 Å². The van der Waals surface area contributed by atoms with E-state index in [1.54, 1.807) is 6.92 Å². The van der Waals surface area contributed by atoms with E-state index in [2.05, 4.69) is 5.32 Å². The number of nitrogens with two attached hydrogens (primary N) is 1. The second-order valence-corrected chi connectivity index (χ2v) is 4.54. The average molecular weight is 245 g/mol. The van der Waals surface area contributed by atoms with Crippen LogP contribution < -0.4 is 10.5 Å². The summed E-state index contributed by atoms with van der Waals surface area (Å²) in [5, 5.41) is 18.2. The maximum atomic E-state index is 11.2. The Labute approximate surface area is 92.5 Å². The number of rotatable bonds is 4. The molecule has 3 N–H and O–H groups in total. The van der Waals surface area contributed by atoms with Gasteiger partial charge in [-0.3, -0.25) is 10.1 Å². The first-order chi connectivity index (χ1) is 7.36. The van der Waals surface area contributed by atoms with Gasteiger partial charge in [0.1, 0.15) is 4.90 Å². The highest BCUT2D eigenvalue weighted by Gasteiger charge is 2.17. The minimum absolute atomic E-state index is 0.138. The Balaban J connectivity index is 3.36. The van der Waals surface area contributed by atoms with Gasteiger partial charge in [-0.05, 0) is 13.0 Å². The Kier molecular flexibility index (Phi) is 3.45. The zero-order valence-electron chi connectivity index (χ0n) is 8.50. The average Bonchev–Trinajstić information content (AvgIpc) is 2.16. The lowest BCUT2D eigenvalue weighted by molar-refractivity contribution is -0.384. The summed E-state index contributed by atoms with van der Waals surface area (Å²) in [4.78, 5) is 9.76. The van der Waals surface area contributed by atoms with Crippen molar-refractivity contribution >= 4 is 21.4 Å². The molecule has 0 aliphatic heterocycles. The van der Waals surface area contributed by atoms with Gasteiger partial charge in [0, 0.05) is 18.7 Å². The molecule has 1 aromatic carbocycles. The van der Waals surface area contributed by atoms with Gasteiger partial charge in [0.15, 0.2) is 0 Å². The Hall–Kier alpha value is -1.67. The monoisotopic (exact) mass is 245 g/mol. The van der Waals surface area contributed by atoms with Gasteiger partial charge in [0.05, 0.1) is 10.6 Å². The predicted molar refractivity (Wildman–Crippen MR) is 58.6 cm³/mol. The van der Waals surface area contributed by atoms with Gasteiger partial charge in [0.2, 0.25) is 10.0 Å². The predicted octanol–water partition coefficient (Wildman–Crippen LogP) is 0.674. The van der Waals surface area contributed by atoms with Crippen LogP contribution in [0.25, 0.3) is 0 Å². The molecule has 7 nitrogen and oxygen atoms in total. The third-order valence-corrected chi connectivity index (χ3v) is 2.82. The van der Waals surface area contributed by atoms with E-state index in [-0.39, 0.29) is 16.3 Å². The zero-order chi connectivity index (χ0) is 12.3. The molecule has 0 saturated carbocycles. The molecule has 88 valence electrons. The van der Waals surface area contributed by atoms with E-state index < -0.39 is 14.9 Å². The minimum atomic E-state index is -3.88. The lowest BCUT2D eigenvalue weighted by atomic mass is 10.3.